The van der Waals surface area contributed by atoms with Gasteiger partial charge in [-0.05, 0) is 68.0 Å². The smallest absolute Gasteiger partial charge is 0.337 e. The third-order valence-corrected chi connectivity index (χ3v) is 7.63. The highest BCUT2D eigenvalue weighted by Crippen LogP contribution is 2.41. The van der Waals surface area contributed by atoms with E-state index in [0.29, 0.717) is 5.56 Å². The molecule has 2 fully saturated rings. The van der Waals surface area contributed by atoms with Gasteiger partial charge in [0.05, 0.1) is 43.7 Å². The maximum atomic E-state index is 12.2. The van der Waals surface area contributed by atoms with Crippen LogP contribution in [0.25, 0.3) is 5.69 Å². The molecule has 1 aromatic carbocycles. The number of aromatic nitrogens is 2. The van der Waals surface area contributed by atoms with E-state index in [-0.39, 0.29) is 18.1 Å². The maximum Gasteiger partial charge on any atom is 0.337 e. The Labute approximate surface area is 223 Å². The van der Waals surface area contributed by atoms with Crippen LogP contribution < -0.4 is 5.32 Å². The van der Waals surface area contributed by atoms with Gasteiger partial charge in [0.15, 0.2) is 5.11 Å². The summed E-state index contributed by atoms with van der Waals surface area (Å²) < 4.78 is 12.7. The Morgan fingerprint density at radius 3 is 2.68 bits per heavy atom. The molecular formula is C28H33N5O3S. The molecule has 1 N–H and O–H groups in total. The molecule has 5 rings (SSSR count). The van der Waals surface area contributed by atoms with Crippen molar-refractivity contribution in [3.63, 3.8) is 0 Å². The number of esters is 1. The highest BCUT2D eigenvalue weighted by Gasteiger charge is 2.41. The number of thiocarbonyl (C=S) groups is 1. The second-order valence-corrected chi connectivity index (χ2v) is 9.86. The van der Waals surface area contributed by atoms with Crippen LogP contribution in [0.1, 0.15) is 45.1 Å². The van der Waals surface area contributed by atoms with E-state index in [2.05, 4.69) is 50.6 Å². The van der Waals surface area contributed by atoms with E-state index in [1.165, 1.54) is 12.7 Å². The maximum absolute atomic E-state index is 12.2. The van der Waals surface area contributed by atoms with Gasteiger partial charge in [-0.2, -0.15) is 0 Å². The Bertz CT molecular complexity index is 1270. The molecule has 0 radical (unpaired) electrons. The van der Waals surface area contributed by atoms with Crippen LogP contribution in [0.5, 0.6) is 0 Å². The third-order valence-electron chi connectivity index (χ3n) is 7.27. The van der Waals surface area contributed by atoms with E-state index in [1.807, 2.05) is 36.5 Å². The summed E-state index contributed by atoms with van der Waals surface area (Å²) in [5.74, 6) is -0.348. The van der Waals surface area contributed by atoms with Gasteiger partial charge in [0.25, 0.3) is 0 Å². The summed E-state index contributed by atoms with van der Waals surface area (Å²) in [5.41, 5.74) is 5.78. The second-order valence-electron chi connectivity index (χ2n) is 9.48. The van der Waals surface area contributed by atoms with Crippen molar-refractivity contribution in [1.29, 1.82) is 0 Å². The van der Waals surface area contributed by atoms with Crippen molar-refractivity contribution >= 4 is 23.3 Å². The first-order valence-electron chi connectivity index (χ1n) is 12.6. The van der Waals surface area contributed by atoms with Gasteiger partial charge in [-0.1, -0.05) is 12.1 Å². The number of nitrogens with zero attached hydrogens (tertiary/aromatic N) is 4. The van der Waals surface area contributed by atoms with Crippen molar-refractivity contribution in [1.82, 2.24) is 24.7 Å². The fourth-order valence-electron chi connectivity index (χ4n) is 5.43. The van der Waals surface area contributed by atoms with Crippen LogP contribution in [-0.4, -0.2) is 76.9 Å². The van der Waals surface area contributed by atoms with Gasteiger partial charge in [0, 0.05) is 49.5 Å². The largest absolute Gasteiger partial charge is 0.465 e. The summed E-state index contributed by atoms with van der Waals surface area (Å²) in [6.45, 7) is 9.36. The van der Waals surface area contributed by atoms with Crippen LogP contribution in [0.3, 0.4) is 0 Å². The Hall–Kier alpha value is -3.27. The van der Waals surface area contributed by atoms with Crippen LogP contribution in [0.15, 0.2) is 54.7 Å². The number of carbonyl (C=O) groups is 1. The lowest BCUT2D eigenvalue weighted by Crippen LogP contribution is -2.42. The number of ether oxygens (including phenoxy) is 2. The molecule has 0 spiro atoms. The molecule has 194 valence electrons. The van der Waals surface area contributed by atoms with E-state index < -0.39 is 0 Å². The summed E-state index contributed by atoms with van der Waals surface area (Å²) in [6.07, 6.45) is 1.83. The summed E-state index contributed by atoms with van der Waals surface area (Å²) in [7, 11) is 1.40. The number of pyridine rings is 1. The Morgan fingerprint density at radius 1 is 1.14 bits per heavy atom. The summed E-state index contributed by atoms with van der Waals surface area (Å²) >= 11 is 5.88. The molecule has 2 aliphatic rings. The van der Waals surface area contributed by atoms with Crippen LogP contribution in [0.2, 0.25) is 0 Å². The molecule has 2 atom stereocenters. The van der Waals surface area contributed by atoms with Crippen LogP contribution in [0, 0.1) is 13.8 Å². The minimum atomic E-state index is -0.348. The molecule has 2 aromatic heterocycles. The number of morpholine rings is 1. The molecule has 9 heteroatoms. The van der Waals surface area contributed by atoms with Crippen molar-refractivity contribution in [3.8, 4) is 5.69 Å². The number of carbonyl (C=O) groups excluding carboxylic acids is 1. The van der Waals surface area contributed by atoms with Gasteiger partial charge in [-0.25, -0.2) is 4.79 Å². The minimum Gasteiger partial charge on any atom is -0.465 e. The fourth-order valence-corrected chi connectivity index (χ4v) is 5.76. The molecule has 8 nitrogen and oxygen atoms in total. The average Bonchev–Trinajstić information content (AvgIpc) is 3.42. The normalized spacial score (nSPS) is 20.2. The third kappa shape index (κ3) is 5.12. The molecule has 0 unspecified atom stereocenters. The zero-order valence-electron chi connectivity index (χ0n) is 21.5. The predicted octanol–water partition coefficient (Wildman–Crippen LogP) is 3.58. The topological polar surface area (TPSA) is 71.9 Å². The first kappa shape index (κ1) is 25.4. The molecule has 4 heterocycles. The zero-order valence-corrected chi connectivity index (χ0v) is 22.3. The van der Waals surface area contributed by atoms with Gasteiger partial charge in [-0.15, -0.1) is 0 Å². The van der Waals surface area contributed by atoms with Gasteiger partial charge in [-0.3, -0.25) is 9.88 Å². The van der Waals surface area contributed by atoms with Crippen molar-refractivity contribution in [2.24, 2.45) is 0 Å². The zero-order chi connectivity index (χ0) is 25.9. The van der Waals surface area contributed by atoms with Crippen molar-refractivity contribution in [3.05, 3.63) is 82.9 Å². The standard InChI is InChI=1S/C28H33N5O3S/c1-19-17-23(20(2)33(19)22-8-6-7-21(18-22)27(34)35-3)26-25(24-9-4-5-10-29-24)30-28(37)32(26)12-11-31-13-15-36-16-14-31/h4-10,17-18,25-26H,11-16H2,1-3H3,(H,30,37)/t25-,26+/m1/s1. The molecule has 0 amide bonds. The lowest BCUT2D eigenvalue weighted by Gasteiger charge is -2.32. The molecule has 2 saturated heterocycles. The molecule has 0 saturated carbocycles. The quantitative estimate of drug-likeness (QED) is 0.375. The van der Waals surface area contributed by atoms with E-state index in [0.717, 1.165) is 67.3 Å². The van der Waals surface area contributed by atoms with Gasteiger partial charge in [0.2, 0.25) is 0 Å². The lowest BCUT2D eigenvalue weighted by molar-refractivity contribution is 0.0350. The number of methoxy groups -OCH3 is 1. The second kappa shape index (κ2) is 11.0. The first-order chi connectivity index (χ1) is 18.0. The van der Waals surface area contributed by atoms with Crippen LogP contribution >= 0.6 is 12.2 Å². The van der Waals surface area contributed by atoms with Gasteiger partial charge in [0.1, 0.15) is 0 Å². The predicted molar refractivity (Wildman–Crippen MR) is 146 cm³/mol. The van der Waals surface area contributed by atoms with Crippen molar-refractivity contribution in [2.75, 3.05) is 46.5 Å². The van der Waals surface area contributed by atoms with Gasteiger partial charge < -0.3 is 24.3 Å². The van der Waals surface area contributed by atoms with E-state index >= 15 is 0 Å². The highest BCUT2D eigenvalue weighted by atomic mass is 32.1. The number of nitrogens with one attached hydrogen (secondary N) is 1. The number of benzene rings is 1. The number of hydrogen-bond donors (Lipinski definition) is 1. The van der Waals surface area contributed by atoms with Crippen LogP contribution in [0.4, 0.5) is 0 Å². The van der Waals surface area contributed by atoms with Crippen LogP contribution in [-0.2, 0) is 9.47 Å². The highest BCUT2D eigenvalue weighted by molar-refractivity contribution is 7.80. The molecule has 0 bridgehead atoms. The van der Waals surface area contributed by atoms with Gasteiger partial charge >= 0.3 is 5.97 Å². The molecular weight excluding hydrogens is 486 g/mol. The van der Waals surface area contributed by atoms with E-state index in [9.17, 15) is 4.79 Å². The monoisotopic (exact) mass is 519 g/mol. The summed E-state index contributed by atoms with van der Waals surface area (Å²) in [5, 5.41) is 4.31. The minimum absolute atomic E-state index is 0.0211. The molecule has 3 aromatic rings. The van der Waals surface area contributed by atoms with Crippen molar-refractivity contribution in [2.45, 2.75) is 25.9 Å². The Kier molecular flexibility index (Phi) is 7.55. The SMILES string of the molecule is COC(=O)c1cccc(-n2c(C)cc([C@H]3[C@@H](c4ccccn4)NC(=S)N3CCN3CCOCC3)c2C)c1. The first-order valence-corrected chi connectivity index (χ1v) is 13.0. The van der Waals surface area contributed by atoms with Crippen molar-refractivity contribution < 1.29 is 14.3 Å². The molecule has 2 aliphatic heterocycles. The van der Waals surface area contributed by atoms with E-state index in [1.54, 1.807) is 6.07 Å². The molecule has 37 heavy (non-hydrogen) atoms. The van der Waals surface area contributed by atoms with E-state index in [4.69, 9.17) is 21.7 Å². The molecule has 0 aliphatic carbocycles. The summed E-state index contributed by atoms with van der Waals surface area (Å²) in [4.78, 5) is 21.6. The number of rotatable bonds is 7. The summed E-state index contributed by atoms with van der Waals surface area (Å²) in [6, 6.07) is 15.7. The lowest BCUT2D eigenvalue weighted by atomic mass is 9.96. The Morgan fingerprint density at radius 2 is 1.95 bits per heavy atom. The Balaban J connectivity index is 1.53. The number of hydrogen-bond acceptors (Lipinski definition) is 6. The fraction of sp³-hybridized carbons (Fsp3) is 0.393. The number of aryl methyl sites for hydroxylation is 1. The average molecular weight is 520 g/mol.